The summed E-state index contributed by atoms with van der Waals surface area (Å²) in [7, 11) is 0. The first-order valence-corrected chi connectivity index (χ1v) is 7.30. The van der Waals surface area contributed by atoms with E-state index in [1.165, 1.54) is 12.8 Å². The highest BCUT2D eigenvalue weighted by atomic mass is 16.5. The van der Waals surface area contributed by atoms with Gasteiger partial charge in [0.1, 0.15) is 0 Å². The van der Waals surface area contributed by atoms with Gasteiger partial charge in [0, 0.05) is 24.7 Å². The highest BCUT2D eigenvalue weighted by Gasteiger charge is 2.35. The second-order valence-corrected chi connectivity index (χ2v) is 5.58. The average molecular weight is 254 g/mol. The van der Waals surface area contributed by atoms with E-state index in [1.807, 2.05) is 6.08 Å². The van der Waals surface area contributed by atoms with Crippen LogP contribution in [0.25, 0.3) is 0 Å². The molecule has 0 aliphatic carbocycles. The zero-order valence-electron chi connectivity index (χ0n) is 12.4. The summed E-state index contributed by atoms with van der Waals surface area (Å²) in [5.41, 5.74) is 0.195. The highest BCUT2D eigenvalue weighted by Crippen LogP contribution is 2.24. The first-order valence-electron chi connectivity index (χ1n) is 7.30. The standard InChI is InChI=1S/C15H30N2O/c1-5-7-8-9-14(16-6-2)15(3,4)17-10-12-18-13-11-17/h5,14,16H,1,6-13H2,2-4H3. The van der Waals surface area contributed by atoms with E-state index in [-0.39, 0.29) is 5.54 Å². The number of morpholine rings is 1. The molecule has 1 atom stereocenters. The smallest absolute Gasteiger partial charge is 0.0594 e. The molecule has 18 heavy (non-hydrogen) atoms. The molecule has 0 aromatic carbocycles. The summed E-state index contributed by atoms with van der Waals surface area (Å²) in [6.07, 6.45) is 5.56. The van der Waals surface area contributed by atoms with Crippen LogP contribution in [0, 0.1) is 0 Å². The number of rotatable bonds is 8. The molecular formula is C15H30N2O. The lowest BCUT2D eigenvalue weighted by Gasteiger charge is -2.46. The van der Waals surface area contributed by atoms with Gasteiger partial charge in [-0.2, -0.15) is 0 Å². The number of likely N-dealkylation sites (N-methyl/N-ethyl adjacent to an activating group) is 1. The summed E-state index contributed by atoms with van der Waals surface area (Å²) in [5, 5.41) is 3.66. The molecule has 1 N–H and O–H groups in total. The molecule has 0 saturated carbocycles. The van der Waals surface area contributed by atoms with Crippen LogP contribution in [0.2, 0.25) is 0 Å². The van der Waals surface area contributed by atoms with Crippen LogP contribution in [0.5, 0.6) is 0 Å². The van der Waals surface area contributed by atoms with Gasteiger partial charge in [0.2, 0.25) is 0 Å². The molecule has 0 spiro atoms. The third-order valence-corrected chi connectivity index (χ3v) is 4.03. The maximum atomic E-state index is 5.46. The minimum Gasteiger partial charge on any atom is -0.379 e. The van der Waals surface area contributed by atoms with Crippen molar-refractivity contribution in [2.75, 3.05) is 32.8 Å². The first-order chi connectivity index (χ1) is 8.62. The van der Waals surface area contributed by atoms with Crippen LogP contribution in [-0.2, 0) is 4.74 Å². The van der Waals surface area contributed by atoms with E-state index in [9.17, 15) is 0 Å². The zero-order chi connectivity index (χ0) is 13.4. The van der Waals surface area contributed by atoms with E-state index in [0.29, 0.717) is 6.04 Å². The Morgan fingerprint density at radius 2 is 2.06 bits per heavy atom. The van der Waals surface area contributed by atoms with Gasteiger partial charge in [0.05, 0.1) is 13.2 Å². The van der Waals surface area contributed by atoms with E-state index < -0.39 is 0 Å². The van der Waals surface area contributed by atoms with E-state index in [0.717, 1.165) is 39.3 Å². The van der Waals surface area contributed by atoms with Gasteiger partial charge in [-0.1, -0.05) is 13.0 Å². The van der Waals surface area contributed by atoms with Crippen molar-refractivity contribution >= 4 is 0 Å². The van der Waals surface area contributed by atoms with Gasteiger partial charge in [-0.3, -0.25) is 4.90 Å². The Morgan fingerprint density at radius 1 is 1.39 bits per heavy atom. The minimum atomic E-state index is 0.195. The van der Waals surface area contributed by atoms with Crippen molar-refractivity contribution < 1.29 is 4.74 Å². The Bertz CT molecular complexity index is 235. The third-order valence-electron chi connectivity index (χ3n) is 4.03. The second kappa shape index (κ2) is 7.93. The Labute approximate surface area is 113 Å². The van der Waals surface area contributed by atoms with Gasteiger partial charge in [-0.25, -0.2) is 0 Å². The number of hydrogen-bond donors (Lipinski definition) is 1. The van der Waals surface area contributed by atoms with Gasteiger partial charge in [-0.15, -0.1) is 6.58 Å². The molecule has 0 aromatic rings. The molecule has 0 radical (unpaired) electrons. The molecule has 0 amide bonds. The van der Waals surface area contributed by atoms with Crippen molar-refractivity contribution in [3.8, 4) is 0 Å². The summed E-state index contributed by atoms with van der Waals surface area (Å²) in [6, 6.07) is 0.542. The van der Waals surface area contributed by atoms with Gasteiger partial charge in [0.15, 0.2) is 0 Å². The maximum Gasteiger partial charge on any atom is 0.0594 e. The average Bonchev–Trinajstić information content (AvgIpc) is 2.39. The lowest BCUT2D eigenvalue weighted by atomic mass is 9.88. The lowest BCUT2D eigenvalue weighted by molar-refractivity contribution is -0.0243. The topological polar surface area (TPSA) is 24.5 Å². The molecule has 1 fully saturated rings. The predicted molar refractivity (Wildman–Crippen MR) is 78.0 cm³/mol. The normalized spacial score (nSPS) is 19.7. The zero-order valence-corrected chi connectivity index (χ0v) is 12.4. The molecule has 106 valence electrons. The first kappa shape index (κ1) is 15.7. The molecule has 1 saturated heterocycles. The van der Waals surface area contributed by atoms with Crippen molar-refractivity contribution in [3.05, 3.63) is 12.7 Å². The fourth-order valence-electron chi connectivity index (χ4n) is 2.78. The Balaban J connectivity index is 2.58. The minimum absolute atomic E-state index is 0.195. The monoisotopic (exact) mass is 254 g/mol. The fourth-order valence-corrected chi connectivity index (χ4v) is 2.78. The van der Waals surface area contributed by atoms with Crippen LogP contribution in [0.4, 0.5) is 0 Å². The molecular weight excluding hydrogens is 224 g/mol. The lowest BCUT2D eigenvalue weighted by Crippen LogP contribution is -2.60. The van der Waals surface area contributed by atoms with Crippen molar-refractivity contribution in [2.24, 2.45) is 0 Å². The number of ether oxygens (including phenoxy) is 1. The van der Waals surface area contributed by atoms with Crippen LogP contribution in [0.1, 0.15) is 40.0 Å². The molecule has 1 unspecified atom stereocenters. The number of unbranched alkanes of at least 4 members (excludes halogenated alkanes) is 1. The molecule has 3 nitrogen and oxygen atoms in total. The molecule has 1 heterocycles. The van der Waals surface area contributed by atoms with Crippen molar-refractivity contribution in [1.29, 1.82) is 0 Å². The van der Waals surface area contributed by atoms with Crippen molar-refractivity contribution in [3.63, 3.8) is 0 Å². The quantitative estimate of drug-likeness (QED) is 0.532. The van der Waals surface area contributed by atoms with Crippen molar-refractivity contribution in [1.82, 2.24) is 10.2 Å². The summed E-state index contributed by atoms with van der Waals surface area (Å²) in [4.78, 5) is 2.57. The number of nitrogens with one attached hydrogen (secondary N) is 1. The van der Waals surface area contributed by atoms with E-state index in [4.69, 9.17) is 4.74 Å². The van der Waals surface area contributed by atoms with Crippen LogP contribution in [-0.4, -0.2) is 49.3 Å². The second-order valence-electron chi connectivity index (χ2n) is 5.58. The number of hydrogen-bond acceptors (Lipinski definition) is 3. The molecule has 0 bridgehead atoms. The van der Waals surface area contributed by atoms with Gasteiger partial charge in [0.25, 0.3) is 0 Å². The predicted octanol–water partition coefficient (Wildman–Crippen LogP) is 2.43. The van der Waals surface area contributed by atoms with Crippen LogP contribution in [0.3, 0.4) is 0 Å². The van der Waals surface area contributed by atoms with Crippen LogP contribution < -0.4 is 5.32 Å². The van der Waals surface area contributed by atoms with Crippen molar-refractivity contribution in [2.45, 2.75) is 51.6 Å². The summed E-state index contributed by atoms with van der Waals surface area (Å²) in [5.74, 6) is 0. The number of nitrogens with zero attached hydrogens (tertiary/aromatic N) is 1. The maximum absolute atomic E-state index is 5.46. The Kier molecular flexibility index (Phi) is 6.90. The molecule has 1 aliphatic heterocycles. The number of allylic oxidation sites excluding steroid dienone is 1. The summed E-state index contributed by atoms with van der Waals surface area (Å²) in [6.45, 7) is 15.6. The van der Waals surface area contributed by atoms with E-state index >= 15 is 0 Å². The molecule has 1 rings (SSSR count). The Hall–Kier alpha value is -0.380. The van der Waals surface area contributed by atoms with Gasteiger partial charge < -0.3 is 10.1 Å². The van der Waals surface area contributed by atoms with Crippen LogP contribution in [0.15, 0.2) is 12.7 Å². The molecule has 1 aliphatic rings. The largest absolute Gasteiger partial charge is 0.379 e. The van der Waals surface area contributed by atoms with Crippen LogP contribution >= 0.6 is 0 Å². The summed E-state index contributed by atoms with van der Waals surface area (Å²) < 4.78 is 5.46. The highest BCUT2D eigenvalue weighted by molar-refractivity contribution is 4.94. The van der Waals surface area contributed by atoms with Gasteiger partial charge >= 0.3 is 0 Å². The summed E-state index contributed by atoms with van der Waals surface area (Å²) >= 11 is 0. The van der Waals surface area contributed by atoms with E-state index in [2.05, 4.69) is 37.6 Å². The molecule has 3 heteroatoms. The fraction of sp³-hybridized carbons (Fsp3) is 0.867. The molecule has 0 aromatic heterocycles. The van der Waals surface area contributed by atoms with Gasteiger partial charge in [-0.05, 0) is 39.7 Å². The Morgan fingerprint density at radius 3 is 2.61 bits per heavy atom. The third kappa shape index (κ3) is 4.38. The SMILES string of the molecule is C=CCCCC(NCC)C(C)(C)N1CCOCC1. The van der Waals surface area contributed by atoms with E-state index in [1.54, 1.807) is 0 Å².